The molecule has 0 aliphatic carbocycles. The van der Waals surface area contributed by atoms with E-state index in [4.69, 9.17) is 5.73 Å². The number of hydrogen-bond acceptors (Lipinski definition) is 2. The number of carbonyl (C=O) groups excluding carboxylic acids is 1. The van der Waals surface area contributed by atoms with Gasteiger partial charge in [0.1, 0.15) is 0 Å². The van der Waals surface area contributed by atoms with Gasteiger partial charge in [0.05, 0.1) is 0 Å². The lowest BCUT2D eigenvalue weighted by Crippen LogP contribution is -2.33. The van der Waals surface area contributed by atoms with Crippen molar-refractivity contribution in [2.75, 3.05) is 5.73 Å². The third-order valence-electron chi connectivity index (χ3n) is 3.21. The van der Waals surface area contributed by atoms with Gasteiger partial charge in [-0.05, 0) is 49.8 Å². The molecule has 4 heteroatoms. The molecule has 1 unspecified atom stereocenters. The van der Waals surface area contributed by atoms with Gasteiger partial charge in [0.2, 0.25) is 0 Å². The first-order chi connectivity index (χ1) is 8.69. The van der Waals surface area contributed by atoms with E-state index in [-0.39, 0.29) is 24.4 Å². The summed E-state index contributed by atoms with van der Waals surface area (Å²) in [5.74, 6) is -0.0359. The van der Waals surface area contributed by atoms with Gasteiger partial charge < -0.3 is 11.1 Å². The van der Waals surface area contributed by atoms with E-state index in [1.54, 1.807) is 6.07 Å². The summed E-state index contributed by atoms with van der Waals surface area (Å²) in [4.78, 5) is 12.2. The maximum atomic E-state index is 12.2. The molecular weight excluding hydrogens is 272 g/mol. The second-order valence-corrected chi connectivity index (χ2v) is 6.55. The zero-order valence-electron chi connectivity index (χ0n) is 13.1. The van der Waals surface area contributed by atoms with Crippen LogP contribution in [0.3, 0.4) is 0 Å². The van der Waals surface area contributed by atoms with Crippen molar-refractivity contribution < 1.29 is 4.79 Å². The fourth-order valence-electron chi connectivity index (χ4n) is 1.91. The Morgan fingerprint density at radius 2 is 1.95 bits per heavy atom. The highest BCUT2D eigenvalue weighted by Crippen LogP contribution is 2.21. The number of hydrogen-bond donors (Lipinski definition) is 2. The number of nitrogen functional groups attached to an aromatic ring is 1. The van der Waals surface area contributed by atoms with Crippen LogP contribution in [0.15, 0.2) is 18.2 Å². The minimum Gasteiger partial charge on any atom is -0.399 e. The molecule has 3 N–H and O–H groups in total. The largest absolute Gasteiger partial charge is 0.399 e. The second-order valence-electron chi connectivity index (χ2n) is 6.55. The smallest absolute Gasteiger partial charge is 0.251 e. The van der Waals surface area contributed by atoms with E-state index in [9.17, 15) is 4.79 Å². The first-order valence-electron chi connectivity index (χ1n) is 6.86. The minimum atomic E-state index is -0.0359. The Labute approximate surface area is 128 Å². The maximum Gasteiger partial charge on any atom is 0.251 e. The Bertz CT molecular complexity index is 452. The monoisotopic (exact) mass is 298 g/mol. The Balaban J connectivity index is 0.00000361. The van der Waals surface area contributed by atoms with Crippen molar-refractivity contribution in [3.8, 4) is 0 Å². The summed E-state index contributed by atoms with van der Waals surface area (Å²) >= 11 is 0. The highest BCUT2D eigenvalue weighted by molar-refractivity contribution is 5.96. The van der Waals surface area contributed by atoms with E-state index in [1.165, 1.54) is 0 Å². The highest BCUT2D eigenvalue weighted by Gasteiger charge is 2.15. The zero-order valence-corrected chi connectivity index (χ0v) is 13.9. The number of halogens is 1. The van der Waals surface area contributed by atoms with Crippen molar-refractivity contribution in [3.63, 3.8) is 0 Å². The fourth-order valence-corrected chi connectivity index (χ4v) is 1.91. The molecule has 0 heterocycles. The van der Waals surface area contributed by atoms with Gasteiger partial charge in [-0.3, -0.25) is 4.79 Å². The molecule has 20 heavy (non-hydrogen) atoms. The van der Waals surface area contributed by atoms with Crippen molar-refractivity contribution in [1.82, 2.24) is 5.32 Å². The molecule has 114 valence electrons. The van der Waals surface area contributed by atoms with Gasteiger partial charge in [-0.25, -0.2) is 0 Å². The summed E-state index contributed by atoms with van der Waals surface area (Å²) in [5.41, 5.74) is 8.28. The lowest BCUT2D eigenvalue weighted by atomic mass is 9.89. The van der Waals surface area contributed by atoms with Gasteiger partial charge in [-0.15, -0.1) is 12.4 Å². The third-order valence-corrected chi connectivity index (χ3v) is 3.21. The molecule has 0 spiro atoms. The quantitative estimate of drug-likeness (QED) is 0.827. The second kappa shape index (κ2) is 7.53. The minimum absolute atomic E-state index is 0. The summed E-state index contributed by atoms with van der Waals surface area (Å²) in [7, 11) is 0. The maximum absolute atomic E-state index is 12.2. The summed E-state index contributed by atoms with van der Waals surface area (Å²) in [5, 5.41) is 3.04. The van der Waals surface area contributed by atoms with Gasteiger partial charge in [-0.1, -0.05) is 26.8 Å². The lowest BCUT2D eigenvalue weighted by molar-refractivity contribution is 0.0935. The summed E-state index contributed by atoms with van der Waals surface area (Å²) in [6.07, 6.45) is 2.07. The molecule has 1 aromatic rings. The van der Waals surface area contributed by atoms with E-state index < -0.39 is 0 Å². The molecule has 1 atom stereocenters. The predicted molar refractivity (Wildman–Crippen MR) is 88.5 cm³/mol. The Hall–Kier alpha value is -1.22. The predicted octanol–water partition coefficient (Wildman–Crippen LogP) is 3.94. The summed E-state index contributed by atoms with van der Waals surface area (Å²) in [6.45, 7) is 10.6. The zero-order chi connectivity index (χ0) is 14.6. The van der Waals surface area contributed by atoms with Crippen molar-refractivity contribution >= 4 is 24.0 Å². The van der Waals surface area contributed by atoms with Crippen LogP contribution in [0.25, 0.3) is 0 Å². The standard InChI is InChI=1S/C16H26N2O.ClH/c1-11-6-7-13(17)10-14(11)15(19)18-12(2)8-9-16(3,4)5;/h6-7,10,12H,8-9,17H2,1-5H3,(H,18,19);1H. The molecule has 0 saturated carbocycles. The van der Waals surface area contributed by atoms with Crippen molar-refractivity contribution in [2.24, 2.45) is 5.41 Å². The molecule has 1 aromatic carbocycles. The van der Waals surface area contributed by atoms with Gasteiger partial charge in [0.25, 0.3) is 5.91 Å². The number of aryl methyl sites for hydroxylation is 1. The molecule has 0 aromatic heterocycles. The first kappa shape index (κ1) is 18.8. The molecule has 0 radical (unpaired) electrons. The van der Waals surface area contributed by atoms with E-state index in [0.717, 1.165) is 18.4 Å². The van der Waals surface area contributed by atoms with Crippen LogP contribution in [0.1, 0.15) is 56.5 Å². The molecule has 0 saturated heterocycles. The molecular formula is C16H27ClN2O. The van der Waals surface area contributed by atoms with Crippen LogP contribution >= 0.6 is 12.4 Å². The van der Waals surface area contributed by atoms with Gasteiger partial charge in [0, 0.05) is 17.3 Å². The molecule has 0 aliphatic rings. The lowest BCUT2D eigenvalue weighted by Gasteiger charge is -2.22. The van der Waals surface area contributed by atoms with E-state index in [0.29, 0.717) is 16.7 Å². The molecule has 1 amide bonds. The number of benzene rings is 1. The van der Waals surface area contributed by atoms with E-state index in [2.05, 4.69) is 26.1 Å². The van der Waals surface area contributed by atoms with Gasteiger partial charge >= 0.3 is 0 Å². The molecule has 1 rings (SSSR count). The summed E-state index contributed by atoms with van der Waals surface area (Å²) < 4.78 is 0. The number of nitrogens with two attached hydrogens (primary N) is 1. The molecule has 0 aliphatic heterocycles. The number of amides is 1. The molecule has 0 fully saturated rings. The summed E-state index contributed by atoms with van der Waals surface area (Å²) in [6, 6.07) is 5.60. The van der Waals surface area contributed by atoms with Crippen molar-refractivity contribution in [1.29, 1.82) is 0 Å². The van der Waals surface area contributed by atoms with E-state index >= 15 is 0 Å². The molecule has 0 bridgehead atoms. The SMILES string of the molecule is Cc1ccc(N)cc1C(=O)NC(C)CCC(C)(C)C.Cl. The van der Waals surface area contributed by atoms with Gasteiger partial charge in [0.15, 0.2) is 0 Å². The highest BCUT2D eigenvalue weighted by atomic mass is 35.5. The normalized spacial score (nSPS) is 12.4. The van der Waals surface area contributed by atoms with Crippen LogP contribution in [0.2, 0.25) is 0 Å². The first-order valence-corrected chi connectivity index (χ1v) is 6.86. The number of nitrogens with one attached hydrogen (secondary N) is 1. The van der Waals surface area contributed by atoms with Crippen LogP contribution in [0, 0.1) is 12.3 Å². The van der Waals surface area contributed by atoms with Crippen LogP contribution in [-0.4, -0.2) is 11.9 Å². The van der Waals surface area contributed by atoms with Crippen molar-refractivity contribution in [3.05, 3.63) is 29.3 Å². The van der Waals surface area contributed by atoms with Crippen LogP contribution in [-0.2, 0) is 0 Å². The number of carbonyl (C=O) groups is 1. The average Bonchev–Trinajstić information content (AvgIpc) is 2.28. The van der Waals surface area contributed by atoms with Gasteiger partial charge in [-0.2, -0.15) is 0 Å². The topological polar surface area (TPSA) is 55.1 Å². The third kappa shape index (κ3) is 6.29. The van der Waals surface area contributed by atoms with Crippen LogP contribution in [0.4, 0.5) is 5.69 Å². The fraction of sp³-hybridized carbons (Fsp3) is 0.562. The molecule has 3 nitrogen and oxygen atoms in total. The Morgan fingerprint density at radius 1 is 1.35 bits per heavy atom. The number of rotatable bonds is 4. The van der Waals surface area contributed by atoms with Crippen molar-refractivity contribution in [2.45, 2.75) is 53.5 Å². The Morgan fingerprint density at radius 3 is 2.50 bits per heavy atom. The average molecular weight is 299 g/mol. The van der Waals surface area contributed by atoms with Crippen LogP contribution < -0.4 is 11.1 Å². The van der Waals surface area contributed by atoms with E-state index in [1.807, 2.05) is 26.0 Å². The Kier molecular flexibility index (Phi) is 7.07. The number of anilines is 1. The van der Waals surface area contributed by atoms with Crippen LogP contribution in [0.5, 0.6) is 0 Å².